The number of amides is 1. The fourth-order valence-corrected chi connectivity index (χ4v) is 1.84. The average Bonchev–Trinajstić information content (AvgIpc) is 2.85. The van der Waals surface area contributed by atoms with Gasteiger partial charge in [-0.1, -0.05) is 25.5 Å². The molecular formula is C14H17N3O4. The Kier molecular flexibility index (Phi) is 4.76. The highest BCUT2D eigenvalue weighted by Gasteiger charge is 2.20. The lowest BCUT2D eigenvalue weighted by atomic mass is 10.3. The maximum atomic E-state index is 12.3. The lowest BCUT2D eigenvalue weighted by Gasteiger charge is -2.08. The normalized spacial score (nSPS) is 10.4. The number of methoxy groups -OCH3 is 1. The van der Waals surface area contributed by atoms with Crippen LogP contribution < -0.4 is 10.1 Å². The van der Waals surface area contributed by atoms with Crippen LogP contribution >= 0.6 is 0 Å². The van der Waals surface area contributed by atoms with Crippen molar-refractivity contribution in [1.82, 2.24) is 14.9 Å². The Labute approximate surface area is 121 Å². The monoisotopic (exact) mass is 291 g/mol. The first kappa shape index (κ1) is 14.8. The van der Waals surface area contributed by atoms with Gasteiger partial charge in [-0.25, -0.2) is 14.2 Å². The lowest BCUT2D eigenvalue weighted by molar-refractivity contribution is 0.117. The third-order valence-corrected chi connectivity index (χ3v) is 2.88. The minimum atomic E-state index is -0.923. The van der Waals surface area contributed by atoms with Crippen molar-refractivity contribution in [2.24, 2.45) is 0 Å². The van der Waals surface area contributed by atoms with E-state index in [2.05, 4.69) is 15.0 Å². The van der Waals surface area contributed by atoms with Crippen molar-refractivity contribution in [2.75, 3.05) is 13.7 Å². The van der Waals surface area contributed by atoms with Gasteiger partial charge in [0.1, 0.15) is 0 Å². The quantitative estimate of drug-likeness (QED) is 0.691. The predicted octanol–water partition coefficient (Wildman–Crippen LogP) is 2.54. The molecule has 2 aromatic rings. The Morgan fingerprint density at radius 1 is 1.33 bits per heavy atom. The summed E-state index contributed by atoms with van der Waals surface area (Å²) in [7, 11) is 1.19. The van der Waals surface area contributed by atoms with E-state index in [1.807, 2.05) is 6.92 Å². The third-order valence-electron chi connectivity index (χ3n) is 2.88. The third kappa shape index (κ3) is 3.31. The Balaban J connectivity index is 2.35. The van der Waals surface area contributed by atoms with Gasteiger partial charge in [-0.3, -0.25) is 0 Å². The van der Waals surface area contributed by atoms with Gasteiger partial charge in [-0.05, 0) is 18.6 Å². The summed E-state index contributed by atoms with van der Waals surface area (Å²) in [6, 6.07) is 6.52. The van der Waals surface area contributed by atoms with Crippen LogP contribution in [0.15, 0.2) is 24.3 Å². The highest BCUT2D eigenvalue weighted by molar-refractivity contribution is 5.91. The maximum absolute atomic E-state index is 12.3. The van der Waals surface area contributed by atoms with Crippen LogP contribution in [0.1, 0.15) is 19.8 Å². The molecule has 112 valence electrons. The molecule has 1 aromatic heterocycles. The number of carbonyl (C=O) groups excluding carboxylic acids is 2. The van der Waals surface area contributed by atoms with Crippen molar-refractivity contribution >= 4 is 23.2 Å². The molecule has 1 amide bonds. The van der Waals surface area contributed by atoms with Gasteiger partial charge in [0.25, 0.3) is 0 Å². The summed E-state index contributed by atoms with van der Waals surface area (Å²) in [6.07, 6.45) is 0.912. The Morgan fingerprint density at radius 3 is 2.81 bits per heavy atom. The van der Waals surface area contributed by atoms with E-state index in [-0.39, 0.29) is 6.01 Å². The van der Waals surface area contributed by atoms with Crippen LogP contribution in [0.5, 0.6) is 6.01 Å². The van der Waals surface area contributed by atoms with Gasteiger partial charge in [0.2, 0.25) is 0 Å². The van der Waals surface area contributed by atoms with Gasteiger partial charge in [0, 0.05) is 6.54 Å². The van der Waals surface area contributed by atoms with Gasteiger partial charge in [0.15, 0.2) is 0 Å². The first-order chi connectivity index (χ1) is 10.2. The van der Waals surface area contributed by atoms with Crippen LogP contribution in [0.3, 0.4) is 0 Å². The molecule has 0 saturated heterocycles. The first-order valence-corrected chi connectivity index (χ1v) is 6.68. The topological polar surface area (TPSA) is 82.5 Å². The maximum Gasteiger partial charge on any atom is 0.516 e. The number of imidazole rings is 1. The Morgan fingerprint density at radius 2 is 2.10 bits per heavy atom. The molecule has 1 N–H and O–H groups in total. The van der Waals surface area contributed by atoms with Gasteiger partial charge < -0.3 is 14.8 Å². The van der Waals surface area contributed by atoms with E-state index in [0.717, 1.165) is 12.8 Å². The largest absolute Gasteiger partial charge is 0.516 e. The summed E-state index contributed by atoms with van der Waals surface area (Å²) in [5.41, 5.74) is 1.12. The molecular weight excluding hydrogens is 274 g/mol. The van der Waals surface area contributed by atoms with Crippen LogP contribution in [-0.4, -0.2) is 35.4 Å². The van der Waals surface area contributed by atoms with Crippen LogP contribution in [0.4, 0.5) is 9.59 Å². The molecule has 0 unspecified atom stereocenters. The SMILES string of the molecule is CCCCNC(=O)n1c(OC(=O)OC)nc2ccccc21. The van der Waals surface area contributed by atoms with E-state index in [9.17, 15) is 9.59 Å². The molecule has 1 heterocycles. The zero-order valence-electron chi connectivity index (χ0n) is 12.0. The van der Waals surface area contributed by atoms with Gasteiger partial charge in [0.05, 0.1) is 18.1 Å². The number of aromatic nitrogens is 2. The van der Waals surface area contributed by atoms with Crippen molar-refractivity contribution in [3.05, 3.63) is 24.3 Å². The number of rotatable bonds is 4. The molecule has 0 radical (unpaired) electrons. The van der Waals surface area contributed by atoms with E-state index in [1.165, 1.54) is 11.7 Å². The molecule has 0 saturated carbocycles. The summed E-state index contributed by atoms with van der Waals surface area (Å²) in [5, 5.41) is 2.76. The standard InChI is InChI=1S/C14H17N3O4/c1-3-4-9-15-12(18)17-11-8-6-5-7-10(11)16-13(17)21-14(19)20-2/h5-8H,3-4,9H2,1-2H3,(H,15,18). The molecule has 21 heavy (non-hydrogen) atoms. The van der Waals surface area contributed by atoms with Gasteiger partial charge >= 0.3 is 18.2 Å². The summed E-state index contributed by atoms with van der Waals surface area (Å²) in [4.78, 5) is 27.7. The predicted molar refractivity (Wildman–Crippen MR) is 76.5 cm³/mol. The Bertz CT molecular complexity index is 651. The molecule has 7 nitrogen and oxygen atoms in total. The Hall–Kier alpha value is -2.57. The van der Waals surface area contributed by atoms with Crippen molar-refractivity contribution in [3.63, 3.8) is 0 Å². The highest BCUT2D eigenvalue weighted by Crippen LogP contribution is 2.21. The van der Waals surface area contributed by atoms with Gasteiger partial charge in [-0.2, -0.15) is 4.98 Å². The highest BCUT2D eigenvalue weighted by atomic mass is 16.7. The number of para-hydroxylation sites is 2. The van der Waals surface area contributed by atoms with Crippen LogP contribution in [0, 0.1) is 0 Å². The van der Waals surface area contributed by atoms with E-state index >= 15 is 0 Å². The fourth-order valence-electron chi connectivity index (χ4n) is 1.84. The van der Waals surface area contributed by atoms with Crippen LogP contribution in [-0.2, 0) is 4.74 Å². The van der Waals surface area contributed by atoms with Crippen molar-refractivity contribution < 1.29 is 19.1 Å². The van der Waals surface area contributed by atoms with Crippen molar-refractivity contribution in [2.45, 2.75) is 19.8 Å². The van der Waals surface area contributed by atoms with Crippen LogP contribution in [0.25, 0.3) is 11.0 Å². The molecule has 0 fully saturated rings. The number of ether oxygens (including phenoxy) is 2. The minimum Gasteiger partial charge on any atom is -0.437 e. The molecule has 7 heteroatoms. The summed E-state index contributed by atoms with van der Waals surface area (Å²) in [6.45, 7) is 2.57. The number of carbonyl (C=O) groups is 2. The van der Waals surface area contributed by atoms with E-state index < -0.39 is 12.2 Å². The molecule has 0 aliphatic rings. The molecule has 0 aliphatic carbocycles. The number of nitrogens with one attached hydrogen (secondary N) is 1. The second-order valence-electron chi connectivity index (χ2n) is 4.36. The second kappa shape index (κ2) is 6.74. The number of unbranched alkanes of at least 4 members (excludes halogenated alkanes) is 1. The molecule has 0 atom stereocenters. The zero-order valence-corrected chi connectivity index (χ0v) is 12.0. The second-order valence-corrected chi connectivity index (χ2v) is 4.36. The van der Waals surface area contributed by atoms with E-state index in [1.54, 1.807) is 24.3 Å². The van der Waals surface area contributed by atoms with Crippen molar-refractivity contribution in [1.29, 1.82) is 0 Å². The first-order valence-electron chi connectivity index (χ1n) is 6.68. The van der Waals surface area contributed by atoms with E-state index in [0.29, 0.717) is 17.6 Å². The van der Waals surface area contributed by atoms with Crippen LogP contribution in [0.2, 0.25) is 0 Å². The summed E-state index contributed by atoms with van der Waals surface area (Å²) in [5.74, 6) is 0. The molecule has 0 bridgehead atoms. The fraction of sp³-hybridized carbons (Fsp3) is 0.357. The molecule has 2 rings (SSSR count). The van der Waals surface area contributed by atoms with Crippen molar-refractivity contribution in [3.8, 4) is 6.01 Å². The smallest absolute Gasteiger partial charge is 0.437 e. The molecule has 0 aliphatic heterocycles. The number of hydrogen-bond acceptors (Lipinski definition) is 5. The van der Waals surface area contributed by atoms with Gasteiger partial charge in [-0.15, -0.1) is 0 Å². The zero-order chi connectivity index (χ0) is 15.2. The number of hydrogen-bond donors (Lipinski definition) is 1. The average molecular weight is 291 g/mol. The number of fused-ring (bicyclic) bond motifs is 1. The molecule has 0 spiro atoms. The number of benzene rings is 1. The van der Waals surface area contributed by atoms with E-state index in [4.69, 9.17) is 4.74 Å². The minimum absolute atomic E-state index is 0.114. The lowest BCUT2D eigenvalue weighted by Crippen LogP contribution is -2.30. The number of nitrogens with zero attached hydrogens (tertiary/aromatic N) is 2. The summed E-state index contributed by atoms with van der Waals surface area (Å²) >= 11 is 0. The summed E-state index contributed by atoms with van der Waals surface area (Å²) < 4.78 is 10.6. The molecule has 1 aromatic carbocycles.